The summed E-state index contributed by atoms with van der Waals surface area (Å²) in [6, 6.07) is 8.67. The number of carbonyl (C=O) groups is 3. The number of rotatable bonds is 4. The summed E-state index contributed by atoms with van der Waals surface area (Å²) in [5.74, 6) is -0.628. The summed E-state index contributed by atoms with van der Waals surface area (Å²) < 4.78 is 0. The molecule has 0 aliphatic carbocycles. The van der Waals surface area contributed by atoms with E-state index in [1.807, 2.05) is 30.3 Å². The molecule has 2 saturated heterocycles. The van der Waals surface area contributed by atoms with E-state index < -0.39 is 6.04 Å². The van der Waals surface area contributed by atoms with Crippen molar-refractivity contribution >= 4 is 17.8 Å². The van der Waals surface area contributed by atoms with E-state index in [1.165, 1.54) is 23.9 Å². The topological polar surface area (TPSA) is 82.2 Å². The lowest BCUT2D eigenvalue weighted by atomic mass is 10.0. The second-order valence-electron chi connectivity index (χ2n) is 6.32. The first-order valence-electron chi connectivity index (χ1n) is 8.29. The minimum Gasteiger partial charge on any atom is -0.309 e. The molecule has 4 amide bonds. The average molecular weight is 346 g/mol. The van der Waals surface area contributed by atoms with Crippen LogP contribution in [0.25, 0.3) is 0 Å². The Morgan fingerprint density at radius 3 is 2.68 bits per heavy atom. The number of carbonyl (C=O) groups excluding carboxylic acids is 3. The average Bonchev–Trinajstić information content (AvgIpc) is 2.84. The Kier molecular flexibility index (Phi) is 4.89. The first-order chi connectivity index (χ1) is 12.0. The molecule has 0 radical (unpaired) electrons. The third-order valence-corrected chi connectivity index (χ3v) is 4.59. The number of nitrogens with zero attached hydrogens (tertiary/aromatic N) is 3. The summed E-state index contributed by atoms with van der Waals surface area (Å²) in [4.78, 5) is 43.5. The molecular formula is C17H22N4O4. The normalized spacial score (nSPS) is 22.1. The minimum absolute atomic E-state index is 0.0502. The Labute approximate surface area is 146 Å². The molecule has 134 valence electrons. The van der Waals surface area contributed by atoms with Gasteiger partial charge in [-0.25, -0.2) is 4.79 Å². The zero-order chi connectivity index (χ0) is 18.0. The van der Waals surface area contributed by atoms with Crippen LogP contribution in [0.2, 0.25) is 0 Å². The van der Waals surface area contributed by atoms with Gasteiger partial charge in [0, 0.05) is 20.5 Å². The maximum absolute atomic E-state index is 12.6. The fourth-order valence-electron chi connectivity index (χ4n) is 3.11. The molecule has 1 N–H and O–H groups in total. The summed E-state index contributed by atoms with van der Waals surface area (Å²) in [5.41, 5.74) is 3.49. The summed E-state index contributed by atoms with van der Waals surface area (Å²) in [6.45, 7) is 2.12. The Bertz CT molecular complexity index is 666. The van der Waals surface area contributed by atoms with Crippen LogP contribution in [-0.4, -0.2) is 58.5 Å². The Balaban J connectivity index is 1.62. The molecule has 3 rings (SSSR count). The lowest BCUT2D eigenvalue weighted by Crippen LogP contribution is -2.54. The van der Waals surface area contributed by atoms with Crippen LogP contribution in [0, 0.1) is 0 Å². The number of benzene rings is 1. The van der Waals surface area contributed by atoms with E-state index in [0.717, 1.165) is 10.6 Å². The number of amides is 4. The molecule has 2 fully saturated rings. The molecular weight excluding hydrogens is 324 g/mol. The number of hydrogen-bond donors (Lipinski definition) is 1. The van der Waals surface area contributed by atoms with Crippen molar-refractivity contribution in [1.82, 2.24) is 20.4 Å². The highest BCUT2D eigenvalue weighted by Crippen LogP contribution is 2.30. The Hall–Kier alpha value is -2.61. The van der Waals surface area contributed by atoms with Crippen molar-refractivity contribution < 1.29 is 19.2 Å². The predicted octanol–water partition coefficient (Wildman–Crippen LogP) is 0.896. The van der Waals surface area contributed by atoms with E-state index in [9.17, 15) is 14.4 Å². The van der Waals surface area contributed by atoms with Crippen molar-refractivity contribution in [2.45, 2.75) is 38.5 Å². The van der Waals surface area contributed by atoms with Crippen LogP contribution in [0.1, 0.15) is 25.3 Å². The molecule has 8 nitrogen and oxygen atoms in total. The number of piperidine rings is 1. The maximum Gasteiger partial charge on any atom is 0.345 e. The molecule has 2 atom stereocenters. The Morgan fingerprint density at radius 1 is 1.28 bits per heavy atom. The number of nitrogens with one attached hydrogen (secondary N) is 1. The molecule has 8 heteroatoms. The van der Waals surface area contributed by atoms with E-state index in [4.69, 9.17) is 4.84 Å². The lowest BCUT2D eigenvalue weighted by Gasteiger charge is -2.30. The maximum atomic E-state index is 12.6. The molecule has 0 spiro atoms. The van der Waals surface area contributed by atoms with Crippen molar-refractivity contribution in [3.05, 3.63) is 35.9 Å². The van der Waals surface area contributed by atoms with Crippen LogP contribution < -0.4 is 5.43 Å². The molecule has 0 saturated carbocycles. The molecule has 2 heterocycles. The van der Waals surface area contributed by atoms with Gasteiger partial charge in [-0.3, -0.25) is 24.9 Å². The highest BCUT2D eigenvalue weighted by Gasteiger charge is 2.48. The van der Waals surface area contributed by atoms with E-state index in [2.05, 4.69) is 5.43 Å². The van der Waals surface area contributed by atoms with Gasteiger partial charge in [0.15, 0.2) is 0 Å². The zero-order valence-corrected chi connectivity index (χ0v) is 14.3. The number of fused-ring (bicyclic) bond motifs is 2. The molecule has 25 heavy (non-hydrogen) atoms. The number of hydroxylamine groups is 2. The van der Waals surface area contributed by atoms with Gasteiger partial charge >= 0.3 is 6.03 Å². The van der Waals surface area contributed by atoms with Gasteiger partial charge in [0.05, 0.1) is 6.04 Å². The van der Waals surface area contributed by atoms with Crippen molar-refractivity contribution in [1.29, 1.82) is 0 Å². The Morgan fingerprint density at radius 2 is 2.00 bits per heavy atom. The second kappa shape index (κ2) is 7.10. The van der Waals surface area contributed by atoms with Gasteiger partial charge in [-0.1, -0.05) is 30.3 Å². The fraction of sp³-hybridized carbons (Fsp3) is 0.471. The van der Waals surface area contributed by atoms with Crippen LogP contribution in [0.4, 0.5) is 4.79 Å². The van der Waals surface area contributed by atoms with Crippen LogP contribution in [0.5, 0.6) is 0 Å². The molecule has 2 aliphatic rings. The van der Waals surface area contributed by atoms with Crippen LogP contribution in [0.3, 0.4) is 0 Å². The van der Waals surface area contributed by atoms with Gasteiger partial charge in [0.25, 0.3) is 5.91 Å². The van der Waals surface area contributed by atoms with Gasteiger partial charge in [-0.15, -0.1) is 0 Å². The van der Waals surface area contributed by atoms with E-state index in [1.54, 1.807) is 0 Å². The van der Waals surface area contributed by atoms with Gasteiger partial charge in [0.1, 0.15) is 12.6 Å². The quantitative estimate of drug-likeness (QED) is 0.821. The monoisotopic (exact) mass is 346 g/mol. The standard InChI is InChI=1S/C17H22N4O4/c1-12(22)19(2)18-16(23)15-9-8-14-10-20(15)17(24)21(14)25-11-13-6-4-3-5-7-13/h3-7,14-15H,8-11H2,1-2H3,(H,18,23). The number of hydrogen-bond acceptors (Lipinski definition) is 4. The minimum atomic E-state index is -0.587. The van der Waals surface area contributed by atoms with Crippen LogP contribution in [-0.2, 0) is 21.0 Å². The predicted molar refractivity (Wildman–Crippen MR) is 88.6 cm³/mol. The van der Waals surface area contributed by atoms with E-state index in [-0.39, 0.29) is 23.9 Å². The van der Waals surface area contributed by atoms with Gasteiger partial charge in [-0.2, -0.15) is 5.06 Å². The zero-order valence-electron chi connectivity index (χ0n) is 14.3. The van der Waals surface area contributed by atoms with Crippen molar-refractivity contribution in [3.8, 4) is 0 Å². The molecule has 1 aromatic rings. The first-order valence-corrected chi connectivity index (χ1v) is 8.29. The van der Waals surface area contributed by atoms with E-state index in [0.29, 0.717) is 26.0 Å². The molecule has 1 aromatic carbocycles. The van der Waals surface area contributed by atoms with Crippen molar-refractivity contribution in [2.75, 3.05) is 13.6 Å². The third kappa shape index (κ3) is 3.58. The SMILES string of the molecule is CC(=O)N(C)NC(=O)C1CCC2CN1C(=O)N2OCc1ccccc1. The molecule has 0 aromatic heterocycles. The summed E-state index contributed by atoms with van der Waals surface area (Å²) in [6.07, 6.45) is 1.22. The highest BCUT2D eigenvalue weighted by molar-refractivity contribution is 5.89. The van der Waals surface area contributed by atoms with Crippen LogP contribution in [0.15, 0.2) is 30.3 Å². The van der Waals surface area contributed by atoms with Crippen LogP contribution >= 0.6 is 0 Å². The highest BCUT2D eigenvalue weighted by atomic mass is 16.7. The largest absolute Gasteiger partial charge is 0.345 e. The molecule has 2 aliphatic heterocycles. The summed E-state index contributed by atoms with van der Waals surface area (Å²) in [5, 5.41) is 2.51. The van der Waals surface area contributed by atoms with Crippen molar-refractivity contribution in [3.63, 3.8) is 0 Å². The third-order valence-electron chi connectivity index (χ3n) is 4.59. The van der Waals surface area contributed by atoms with Gasteiger partial charge in [0.2, 0.25) is 5.91 Å². The van der Waals surface area contributed by atoms with Gasteiger partial charge in [-0.05, 0) is 18.4 Å². The number of hydrazine groups is 1. The van der Waals surface area contributed by atoms with Crippen molar-refractivity contribution in [2.24, 2.45) is 0 Å². The lowest BCUT2D eigenvalue weighted by molar-refractivity contribution is -0.141. The van der Waals surface area contributed by atoms with Gasteiger partial charge < -0.3 is 4.90 Å². The fourth-order valence-corrected chi connectivity index (χ4v) is 3.11. The molecule has 2 unspecified atom stereocenters. The first kappa shape index (κ1) is 17.2. The number of urea groups is 1. The molecule has 2 bridgehead atoms. The summed E-state index contributed by atoms with van der Waals surface area (Å²) in [7, 11) is 1.48. The smallest absolute Gasteiger partial charge is 0.309 e. The summed E-state index contributed by atoms with van der Waals surface area (Å²) >= 11 is 0. The van der Waals surface area contributed by atoms with E-state index >= 15 is 0 Å². The second-order valence-corrected chi connectivity index (χ2v) is 6.32.